The quantitative estimate of drug-likeness (QED) is 0.611. The largest absolute Gasteiger partial charge is 0.389 e. The monoisotopic (exact) mass is 404 g/mol. The fourth-order valence-electron chi connectivity index (χ4n) is 4.13. The summed E-state index contributed by atoms with van der Waals surface area (Å²) in [5, 5.41) is 9.82. The number of aromatic nitrogens is 3. The number of pyridine rings is 1. The van der Waals surface area contributed by atoms with E-state index < -0.39 is 6.10 Å². The molecule has 2 aromatic heterocycles. The highest BCUT2D eigenvalue weighted by atomic mass is 32.2. The van der Waals surface area contributed by atoms with Crippen LogP contribution in [0.25, 0.3) is 11.3 Å². The molecule has 5 rings (SSSR count). The molecule has 1 spiro atoms. The number of rotatable bonds is 5. The smallest absolute Gasteiger partial charge is 0.229 e. The average molecular weight is 405 g/mol. The van der Waals surface area contributed by atoms with Crippen molar-refractivity contribution >= 4 is 23.4 Å². The normalized spacial score (nSPS) is 17.4. The van der Waals surface area contributed by atoms with Gasteiger partial charge in [0, 0.05) is 46.7 Å². The molecule has 0 saturated heterocycles. The van der Waals surface area contributed by atoms with Crippen molar-refractivity contribution in [1.29, 1.82) is 0 Å². The van der Waals surface area contributed by atoms with Gasteiger partial charge in [-0.2, -0.15) is 0 Å². The van der Waals surface area contributed by atoms with Crippen molar-refractivity contribution in [2.24, 2.45) is 0 Å². The van der Waals surface area contributed by atoms with E-state index in [0.717, 1.165) is 35.1 Å². The molecule has 3 aromatic rings. The molecule has 1 unspecified atom stereocenters. The summed E-state index contributed by atoms with van der Waals surface area (Å²) in [4.78, 5) is 17.3. The lowest BCUT2D eigenvalue weighted by molar-refractivity contribution is 0.199. The molecule has 0 bridgehead atoms. The van der Waals surface area contributed by atoms with Crippen molar-refractivity contribution in [1.82, 2.24) is 15.0 Å². The van der Waals surface area contributed by atoms with Crippen LogP contribution in [-0.4, -0.2) is 32.4 Å². The van der Waals surface area contributed by atoms with Gasteiger partial charge in [0.25, 0.3) is 0 Å². The minimum Gasteiger partial charge on any atom is -0.389 e. The molecule has 2 aliphatic rings. The minimum atomic E-state index is -0.525. The third-order valence-corrected chi connectivity index (χ3v) is 6.77. The molecule has 148 valence electrons. The minimum absolute atomic E-state index is 0.292. The van der Waals surface area contributed by atoms with Crippen molar-refractivity contribution < 1.29 is 5.11 Å². The van der Waals surface area contributed by atoms with Crippen LogP contribution in [0.4, 0.5) is 11.6 Å². The molecular formula is C23H24N4OS. The number of aliphatic hydroxyl groups excluding tert-OH is 1. The van der Waals surface area contributed by atoms with Gasteiger partial charge in [0.15, 0.2) is 0 Å². The van der Waals surface area contributed by atoms with Crippen LogP contribution in [0.15, 0.2) is 53.8 Å². The van der Waals surface area contributed by atoms with Gasteiger partial charge in [-0.1, -0.05) is 13.0 Å². The average Bonchev–Trinajstić information content (AvgIpc) is 3.45. The summed E-state index contributed by atoms with van der Waals surface area (Å²) in [5.41, 5.74) is 5.45. The summed E-state index contributed by atoms with van der Waals surface area (Å²) in [6, 6.07) is 10.6. The fourth-order valence-corrected chi connectivity index (χ4v) is 4.82. The van der Waals surface area contributed by atoms with Crippen LogP contribution < -0.4 is 4.90 Å². The van der Waals surface area contributed by atoms with Gasteiger partial charge in [0.05, 0.1) is 11.8 Å². The molecule has 1 fully saturated rings. The van der Waals surface area contributed by atoms with Gasteiger partial charge >= 0.3 is 0 Å². The zero-order valence-electron chi connectivity index (χ0n) is 16.7. The predicted octanol–water partition coefficient (Wildman–Crippen LogP) is 4.89. The van der Waals surface area contributed by atoms with Crippen molar-refractivity contribution in [3.63, 3.8) is 0 Å². The van der Waals surface area contributed by atoms with Crippen molar-refractivity contribution in [2.45, 2.75) is 43.1 Å². The topological polar surface area (TPSA) is 62.1 Å². The maximum absolute atomic E-state index is 9.82. The van der Waals surface area contributed by atoms with E-state index in [1.807, 2.05) is 36.3 Å². The number of hydrogen-bond donors (Lipinski definition) is 1. The van der Waals surface area contributed by atoms with Crippen molar-refractivity contribution in [3.8, 4) is 11.3 Å². The van der Waals surface area contributed by atoms with E-state index in [9.17, 15) is 5.11 Å². The lowest BCUT2D eigenvalue weighted by Crippen LogP contribution is -2.21. The highest BCUT2D eigenvalue weighted by Gasteiger charge is 2.52. The first kappa shape index (κ1) is 18.6. The molecule has 1 saturated carbocycles. The molecule has 1 aliphatic carbocycles. The zero-order chi connectivity index (χ0) is 20.0. The van der Waals surface area contributed by atoms with Crippen LogP contribution in [-0.2, 0) is 5.41 Å². The maximum Gasteiger partial charge on any atom is 0.229 e. The van der Waals surface area contributed by atoms with E-state index in [1.165, 1.54) is 29.0 Å². The van der Waals surface area contributed by atoms with Crippen LogP contribution >= 0.6 is 11.8 Å². The first-order valence-electron chi connectivity index (χ1n) is 10.1. The van der Waals surface area contributed by atoms with Crippen LogP contribution in [0.1, 0.15) is 43.9 Å². The van der Waals surface area contributed by atoms with E-state index in [-0.39, 0.29) is 0 Å². The molecule has 6 heteroatoms. The Bertz CT molecular complexity index is 1050. The van der Waals surface area contributed by atoms with Gasteiger partial charge in [-0.3, -0.25) is 4.98 Å². The standard InChI is InChI=1S/C23H24N4OS/c1-3-29-18-4-5-19-21(11-18)27(14-23(19)7-8-23)22-25-12-17(13-26-22)20-10-16(15(2)28)6-9-24-20/h4-6,9-13,15,28H,3,7-8,14H2,1-2H3. The summed E-state index contributed by atoms with van der Waals surface area (Å²) in [6.07, 6.45) is 7.34. The number of thioether (sulfide) groups is 1. The Labute approximate surface area is 175 Å². The van der Waals surface area contributed by atoms with Gasteiger partial charge < -0.3 is 10.0 Å². The van der Waals surface area contributed by atoms with E-state index in [1.54, 1.807) is 13.1 Å². The Kier molecular flexibility index (Phi) is 4.56. The Morgan fingerprint density at radius 3 is 2.62 bits per heavy atom. The third kappa shape index (κ3) is 3.30. The van der Waals surface area contributed by atoms with E-state index >= 15 is 0 Å². The highest BCUT2D eigenvalue weighted by Crippen LogP contribution is 2.58. The third-order valence-electron chi connectivity index (χ3n) is 5.90. The molecule has 5 nitrogen and oxygen atoms in total. The molecule has 0 radical (unpaired) electrons. The molecule has 3 heterocycles. The van der Waals surface area contributed by atoms with Gasteiger partial charge in [-0.15, -0.1) is 11.8 Å². The zero-order valence-corrected chi connectivity index (χ0v) is 17.5. The Morgan fingerprint density at radius 2 is 1.93 bits per heavy atom. The van der Waals surface area contributed by atoms with Gasteiger partial charge in [-0.25, -0.2) is 9.97 Å². The summed E-state index contributed by atoms with van der Waals surface area (Å²) in [5.74, 6) is 1.80. The summed E-state index contributed by atoms with van der Waals surface area (Å²) in [6.45, 7) is 4.89. The summed E-state index contributed by atoms with van der Waals surface area (Å²) >= 11 is 1.87. The van der Waals surface area contributed by atoms with Crippen LogP contribution in [0, 0.1) is 0 Å². The van der Waals surface area contributed by atoms with Crippen molar-refractivity contribution in [3.05, 3.63) is 60.0 Å². The van der Waals surface area contributed by atoms with Crippen LogP contribution in [0.3, 0.4) is 0 Å². The SMILES string of the molecule is CCSc1ccc2c(c1)N(c1ncc(-c3cc(C(C)O)ccn3)cn1)CC21CC1. The van der Waals surface area contributed by atoms with E-state index in [4.69, 9.17) is 0 Å². The van der Waals surface area contributed by atoms with Gasteiger partial charge in [-0.05, 0) is 60.9 Å². The molecule has 29 heavy (non-hydrogen) atoms. The second-order valence-electron chi connectivity index (χ2n) is 7.90. The van der Waals surface area contributed by atoms with Crippen LogP contribution in [0.5, 0.6) is 0 Å². The molecule has 1 N–H and O–H groups in total. The number of hydrogen-bond acceptors (Lipinski definition) is 6. The predicted molar refractivity (Wildman–Crippen MR) is 117 cm³/mol. The fraction of sp³-hybridized carbons (Fsp3) is 0.348. The number of nitrogens with zero attached hydrogens (tertiary/aromatic N) is 4. The Morgan fingerprint density at radius 1 is 1.14 bits per heavy atom. The first-order valence-corrected chi connectivity index (χ1v) is 11.1. The molecular weight excluding hydrogens is 380 g/mol. The second kappa shape index (κ2) is 7.11. The lowest BCUT2D eigenvalue weighted by Gasteiger charge is -2.18. The second-order valence-corrected chi connectivity index (χ2v) is 9.24. The van der Waals surface area contributed by atoms with Crippen LogP contribution in [0.2, 0.25) is 0 Å². The number of benzene rings is 1. The van der Waals surface area contributed by atoms with Gasteiger partial charge in [0.1, 0.15) is 0 Å². The number of aliphatic hydroxyl groups is 1. The Balaban J connectivity index is 1.47. The first-order chi connectivity index (χ1) is 14.1. The lowest BCUT2D eigenvalue weighted by atomic mass is 9.99. The van der Waals surface area contributed by atoms with E-state index in [0.29, 0.717) is 5.41 Å². The molecule has 1 atom stereocenters. The Hall–Kier alpha value is -2.44. The maximum atomic E-state index is 9.82. The molecule has 1 aromatic carbocycles. The highest BCUT2D eigenvalue weighted by molar-refractivity contribution is 7.99. The van der Waals surface area contributed by atoms with Gasteiger partial charge in [0.2, 0.25) is 5.95 Å². The number of fused-ring (bicyclic) bond motifs is 2. The summed E-state index contributed by atoms with van der Waals surface area (Å²) < 4.78 is 0. The summed E-state index contributed by atoms with van der Waals surface area (Å²) in [7, 11) is 0. The number of anilines is 2. The van der Waals surface area contributed by atoms with Crippen molar-refractivity contribution in [2.75, 3.05) is 17.2 Å². The molecule has 0 amide bonds. The van der Waals surface area contributed by atoms with E-state index in [2.05, 4.69) is 45.0 Å². The molecule has 1 aliphatic heterocycles.